The van der Waals surface area contributed by atoms with Crippen molar-refractivity contribution >= 4 is 46.2 Å². The van der Waals surface area contributed by atoms with Gasteiger partial charge in [0, 0.05) is 8.41 Å². The molecular formula is BCaN2O4. The zero-order chi connectivity index (χ0) is 5.41. The maximum atomic E-state index is 8.00. The van der Waals surface area contributed by atoms with Gasteiger partial charge in [-0.05, 0) is 0 Å². The minimum atomic E-state index is 0. The summed E-state index contributed by atoms with van der Waals surface area (Å²) in [5.41, 5.74) is 0. The van der Waals surface area contributed by atoms with Gasteiger partial charge in [-0.2, -0.15) is 0 Å². The Balaban J connectivity index is -0.0000000160. The summed E-state index contributed by atoms with van der Waals surface area (Å²) in [5.74, 6) is 0. The summed E-state index contributed by atoms with van der Waals surface area (Å²) in [4.78, 5) is 16.0. The van der Waals surface area contributed by atoms with Crippen molar-refractivity contribution in [3.8, 4) is 0 Å². The third kappa shape index (κ3) is 10300. The molecule has 0 fully saturated rings. The molecule has 39 valence electrons. The molecule has 3 radical (unpaired) electrons. The van der Waals surface area contributed by atoms with E-state index in [1.165, 1.54) is 0 Å². The first-order valence-electron chi connectivity index (χ1n) is 0.730. The van der Waals surface area contributed by atoms with E-state index < -0.39 is 0 Å². The molecule has 0 aliphatic rings. The average Bonchev–Trinajstić information content (AvgIpc) is 1.39. The molecule has 0 N–H and O–H groups in total. The minimum Gasteiger partial charge on any atom is -0.444 e. The molecular weight excluding hydrogens is 143 g/mol. The summed E-state index contributed by atoms with van der Waals surface area (Å²) in [5, 5.41) is 18.0. The molecule has 0 saturated heterocycles. The number of hydrogen-bond acceptors (Lipinski definition) is 6. The Morgan fingerprint density at radius 2 is 1.00 bits per heavy atom. The van der Waals surface area contributed by atoms with Crippen LogP contribution in [0.1, 0.15) is 0 Å². The topological polar surface area (TPSA) is 105 Å². The van der Waals surface area contributed by atoms with Gasteiger partial charge in [0.1, 0.15) is 0 Å². The Bertz CT molecular complexity index is 35.0. The van der Waals surface area contributed by atoms with Crippen LogP contribution in [0.5, 0.6) is 0 Å². The average molecular weight is 143 g/mol. The first-order valence-corrected chi connectivity index (χ1v) is 0.730. The molecule has 8 heavy (non-hydrogen) atoms. The Morgan fingerprint density at radius 1 is 1.00 bits per heavy atom. The third-order valence-corrected chi connectivity index (χ3v) is 0. The van der Waals surface area contributed by atoms with Crippen LogP contribution in [0.4, 0.5) is 0 Å². The van der Waals surface area contributed by atoms with Gasteiger partial charge < -0.3 is 20.2 Å². The molecule has 0 saturated carbocycles. The fourth-order valence-corrected chi connectivity index (χ4v) is 0. The molecule has 0 aliphatic carbocycles. The van der Waals surface area contributed by atoms with Gasteiger partial charge in [0.2, 0.25) is 0 Å². The number of hydrogen-bond donors (Lipinski definition) is 0. The second-order valence-corrected chi connectivity index (χ2v) is 0.149. The van der Waals surface area contributed by atoms with Gasteiger partial charge >= 0.3 is 37.7 Å². The summed E-state index contributed by atoms with van der Waals surface area (Å²) >= 11 is 0. The Morgan fingerprint density at radius 3 is 1.00 bits per heavy atom. The molecule has 0 bridgehead atoms. The second kappa shape index (κ2) is 59.2. The van der Waals surface area contributed by atoms with Crippen molar-refractivity contribution in [1.29, 1.82) is 0 Å². The molecule has 6 nitrogen and oxygen atoms in total. The van der Waals surface area contributed by atoms with Crippen molar-refractivity contribution in [2.45, 2.75) is 0 Å². The fourth-order valence-electron chi connectivity index (χ4n) is 0. The normalized spacial score (nSPS) is 3.00. The molecule has 0 amide bonds. The summed E-state index contributed by atoms with van der Waals surface area (Å²) in [6.07, 6.45) is 0. The van der Waals surface area contributed by atoms with E-state index in [4.69, 9.17) is 20.2 Å². The monoisotopic (exact) mass is 143 g/mol. The van der Waals surface area contributed by atoms with Crippen LogP contribution in [-0.2, 0) is 0 Å². The van der Waals surface area contributed by atoms with E-state index in [0.717, 1.165) is 10.7 Å². The van der Waals surface area contributed by atoms with Crippen molar-refractivity contribution < 1.29 is 0 Å². The molecule has 0 spiro atoms. The fraction of sp³-hybridized carbons (Fsp3) is 0. The van der Waals surface area contributed by atoms with Crippen molar-refractivity contribution in [2.75, 3.05) is 0 Å². The zero-order valence-corrected chi connectivity index (χ0v) is 6.02. The molecule has 0 unspecified atom stereocenters. The van der Waals surface area contributed by atoms with E-state index >= 15 is 0 Å². The van der Waals surface area contributed by atoms with Crippen molar-refractivity contribution in [3.63, 3.8) is 0 Å². The molecule has 0 heterocycles. The molecule has 0 aromatic heterocycles. The second-order valence-electron chi connectivity index (χ2n) is 0.149. The van der Waals surface area contributed by atoms with Gasteiger partial charge in [0.15, 0.2) is 0 Å². The van der Waals surface area contributed by atoms with E-state index in [2.05, 4.69) is 0 Å². The largest absolute Gasteiger partial charge is 2.00 e. The van der Waals surface area contributed by atoms with Crippen molar-refractivity contribution in [3.05, 3.63) is 20.2 Å². The molecule has 0 aromatic rings. The van der Waals surface area contributed by atoms with E-state index in [1.54, 1.807) is 0 Å². The van der Waals surface area contributed by atoms with E-state index in [9.17, 15) is 0 Å². The van der Waals surface area contributed by atoms with Gasteiger partial charge in [0.05, 0.1) is 0 Å². The molecule has 0 aliphatic heterocycles. The maximum absolute atomic E-state index is 8.00. The van der Waals surface area contributed by atoms with Gasteiger partial charge in [0.25, 0.3) is 0 Å². The molecule has 8 heteroatoms. The summed E-state index contributed by atoms with van der Waals surface area (Å²) in [7, 11) is 0. The quantitative estimate of drug-likeness (QED) is 0.264. The summed E-state index contributed by atoms with van der Waals surface area (Å²) in [6.45, 7) is 0. The van der Waals surface area contributed by atoms with E-state index in [0.29, 0.717) is 0 Å². The predicted molar refractivity (Wildman–Crippen MR) is 29.8 cm³/mol. The van der Waals surface area contributed by atoms with Crippen LogP contribution in [0, 0.1) is 20.2 Å². The van der Waals surface area contributed by atoms with E-state index in [1.807, 2.05) is 0 Å². The first-order chi connectivity index (χ1) is 2.83. The molecule has 0 aromatic carbocycles. The van der Waals surface area contributed by atoms with Crippen LogP contribution in [0.3, 0.4) is 0 Å². The third-order valence-electron chi connectivity index (χ3n) is 0. The van der Waals surface area contributed by atoms with Gasteiger partial charge in [-0.1, -0.05) is 0 Å². The Hall–Kier alpha value is 0.125. The van der Waals surface area contributed by atoms with Gasteiger partial charge in [-0.15, -0.1) is 10.7 Å². The van der Waals surface area contributed by atoms with Crippen LogP contribution in [0.15, 0.2) is 10.7 Å². The van der Waals surface area contributed by atoms with Gasteiger partial charge in [-0.25, -0.2) is 0 Å². The summed E-state index contributed by atoms with van der Waals surface area (Å²) < 4.78 is 0. The standard InChI is InChI=1S/B.Ca.2HNO2/c;;2*2-1-3/h;;2*(H,2,3)/q;+2;;/p-2. The molecule has 0 atom stereocenters. The summed E-state index contributed by atoms with van der Waals surface area (Å²) in [6, 6.07) is 0. The van der Waals surface area contributed by atoms with Crippen LogP contribution < -0.4 is 0 Å². The van der Waals surface area contributed by atoms with Crippen LogP contribution in [0.2, 0.25) is 0 Å². The van der Waals surface area contributed by atoms with E-state index in [-0.39, 0.29) is 46.2 Å². The number of nitrogens with zero attached hydrogens (tertiary/aromatic N) is 2. The first kappa shape index (κ1) is 24.2. The maximum Gasteiger partial charge on any atom is 2.00 e. The Kier molecular flexibility index (Phi) is 179. The molecule has 0 rings (SSSR count). The van der Waals surface area contributed by atoms with Gasteiger partial charge in [-0.3, -0.25) is 0 Å². The zero-order valence-electron chi connectivity index (χ0n) is 3.81. The minimum absolute atomic E-state index is 0. The predicted octanol–water partition coefficient (Wildman–Crippen LogP) is -0.260. The van der Waals surface area contributed by atoms with Crippen molar-refractivity contribution in [1.82, 2.24) is 0 Å². The SMILES string of the molecule is O=N[O-].O=N[O-].[B].[Ca+2]. The van der Waals surface area contributed by atoms with Crippen LogP contribution >= 0.6 is 0 Å². The van der Waals surface area contributed by atoms with Crippen molar-refractivity contribution in [2.24, 2.45) is 10.7 Å². The van der Waals surface area contributed by atoms with Crippen LogP contribution in [0.25, 0.3) is 0 Å². The smallest absolute Gasteiger partial charge is 0.444 e. The number of rotatable bonds is 0. The van der Waals surface area contributed by atoms with Crippen LogP contribution in [-0.4, -0.2) is 46.2 Å². The Labute approximate surface area is 76.7 Å².